The van der Waals surface area contributed by atoms with E-state index in [-0.39, 0.29) is 5.97 Å². The van der Waals surface area contributed by atoms with Gasteiger partial charge in [0.15, 0.2) is 0 Å². The summed E-state index contributed by atoms with van der Waals surface area (Å²) in [7, 11) is 0. The minimum atomic E-state index is -0.0232. The van der Waals surface area contributed by atoms with E-state index in [0.29, 0.717) is 13.0 Å². The van der Waals surface area contributed by atoms with Gasteiger partial charge in [-0.1, -0.05) is 58.1 Å². The minimum absolute atomic E-state index is 0.0232. The summed E-state index contributed by atoms with van der Waals surface area (Å²) in [5, 5.41) is 0. The Hall–Kier alpha value is -0.790. The molecule has 0 aliphatic heterocycles. The Morgan fingerprint density at radius 2 is 1.40 bits per heavy atom. The van der Waals surface area contributed by atoms with Crippen LogP contribution in [0.1, 0.15) is 90.9 Å². The summed E-state index contributed by atoms with van der Waals surface area (Å²) in [6.45, 7) is 4.94. The summed E-state index contributed by atoms with van der Waals surface area (Å²) in [6, 6.07) is 0. The topological polar surface area (TPSA) is 26.3 Å². The standard InChI is InChI=1S/C18H34O2/c1-3-5-7-8-9-10-11-12-13-14-15-16-18(19)20-17-6-4-2/h10-11H,3-9,12-17H2,1-2H3. The summed E-state index contributed by atoms with van der Waals surface area (Å²) in [5.74, 6) is -0.0232. The summed E-state index contributed by atoms with van der Waals surface area (Å²) >= 11 is 0. The molecule has 0 rings (SSSR count). The molecule has 0 aromatic heterocycles. The van der Waals surface area contributed by atoms with Crippen molar-refractivity contribution in [2.45, 2.75) is 90.9 Å². The third-order valence-corrected chi connectivity index (χ3v) is 3.40. The summed E-state index contributed by atoms with van der Waals surface area (Å²) < 4.78 is 5.12. The highest BCUT2D eigenvalue weighted by Gasteiger charge is 2.01. The molecular weight excluding hydrogens is 248 g/mol. The number of hydrogen-bond acceptors (Lipinski definition) is 2. The van der Waals surface area contributed by atoms with E-state index in [1.807, 2.05) is 0 Å². The molecule has 0 bridgehead atoms. The lowest BCUT2D eigenvalue weighted by atomic mass is 10.1. The van der Waals surface area contributed by atoms with Gasteiger partial charge in [0, 0.05) is 6.42 Å². The number of carbonyl (C=O) groups is 1. The Kier molecular flexibility index (Phi) is 15.6. The van der Waals surface area contributed by atoms with Crippen LogP contribution in [-0.2, 0) is 9.53 Å². The Balaban J connectivity index is 3.19. The fourth-order valence-electron chi connectivity index (χ4n) is 2.04. The maximum Gasteiger partial charge on any atom is 0.305 e. The molecule has 0 aliphatic carbocycles. The second kappa shape index (κ2) is 16.3. The summed E-state index contributed by atoms with van der Waals surface area (Å²) in [5.41, 5.74) is 0. The highest BCUT2D eigenvalue weighted by atomic mass is 16.5. The van der Waals surface area contributed by atoms with E-state index in [0.717, 1.165) is 32.1 Å². The van der Waals surface area contributed by atoms with Gasteiger partial charge in [-0.3, -0.25) is 4.79 Å². The van der Waals surface area contributed by atoms with Gasteiger partial charge in [-0.15, -0.1) is 0 Å². The number of rotatable bonds is 14. The first-order chi connectivity index (χ1) is 9.81. The second-order valence-electron chi connectivity index (χ2n) is 5.49. The first-order valence-corrected chi connectivity index (χ1v) is 8.61. The smallest absolute Gasteiger partial charge is 0.305 e. The zero-order valence-corrected chi connectivity index (χ0v) is 13.7. The van der Waals surface area contributed by atoms with Crippen molar-refractivity contribution in [2.24, 2.45) is 0 Å². The molecule has 0 aliphatic rings. The molecule has 0 radical (unpaired) electrons. The lowest BCUT2D eigenvalue weighted by Gasteiger charge is -2.03. The third-order valence-electron chi connectivity index (χ3n) is 3.40. The molecule has 0 atom stereocenters. The van der Waals surface area contributed by atoms with Gasteiger partial charge in [0.05, 0.1) is 6.61 Å². The van der Waals surface area contributed by atoms with Crippen molar-refractivity contribution in [3.63, 3.8) is 0 Å². The molecule has 20 heavy (non-hydrogen) atoms. The van der Waals surface area contributed by atoms with E-state index in [2.05, 4.69) is 26.0 Å². The molecule has 0 saturated heterocycles. The van der Waals surface area contributed by atoms with Crippen LogP contribution in [0.25, 0.3) is 0 Å². The fourth-order valence-corrected chi connectivity index (χ4v) is 2.04. The van der Waals surface area contributed by atoms with Crippen LogP contribution < -0.4 is 0 Å². The number of ether oxygens (including phenoxy) is 1. The van der Waals surface area contributed by atoms with Gasteiger partial charge in [-0.05, 0) is 38.5 Å². The van der Waals surface area contributed by atoms with Crippen molar-refractivity contribution in [3.8, 4) is 0 Å². The third kappa shape index (κ3) is 15.3. The highest BCUT2D eigenvalue weighted by molar-refractivity contribution is 5.69. The predicted octanol–water partition coefficient (Wildman–Crippen LogP) is 5.81. The van der Waals surface area contributed by atoms with Crippen molar-refractivity contribution >= 4 is 5.97 Å². The molecule has 118 valence electrons. The average Bonchev–Trinajstić information content (AvgIpc) is 2.45. The molecule has 0 spiro atoms. The van der Waals surface area contributed by atoms with E-state index in [9.17, 15) is 4.79 Å². The molecule has 2 heteroatoms. The van der Waals surface area contributed by atoms with E-state index in [1.54, 1.807) is 0 Å². The van der Waals surface area contributed by atoms with Crippen molar-refractivity contribution in [1.82, 2.24) is 0 Å². The zero-order chi connectivity index (χ0) is 14.9. The molecular formula is C18H34O2. The van der Waals surface area contributed by atoms with Gasteiger partial charge in [-0.2, -0.15) is 0 Å². The molecule has 0 aromatic rings. The lowest BCUT2D eigenvalue weighted by molar-refractivity contribution is -0.143. The average molecular weight is 282 g/mol. The van der Waals surface area contributed by atoms with Gasteiger partial charge < -0.3 is 4.74 Å². The minimum Gasteiger partial charge on any atom is -0.466 e. The predicted molar refractivity (Wildman–Crippen MR) is 86.9 cm³/mol. The normalized spacial score (nSPS) is 11.1. The van der Waals surface area contributed by atoms with Gasteiger partial charge in [0.1, 0.15) is 0 Å². The molecule has 0 aromatic carbocycles. The largest absolute Gasteiger partial charge is 0.466 e. The molecule has 2 nitrogen and oxygen atoms in total. The monoisotopic (exact) mass is 282 g/mol. The van der Waals surface area contributed by atoms with Gasteiger partial charge >= 0.3 is 5.97 Å². The molecule has 0 heterocycles. The first kappa shape index (κ1) is 19.2. The number of esters is 1. The Labute approximate surface area is 126 Å². The van der Waals surface area contributed by atoms with Crippen LogP contribution in [0, 0.1) is 0 Å². The van der Waals surface area contributed by atoms with Gasteiger partial charge in [0.25, 0.3) is 0 Å². The van der Waals surface area contributed by atoms with Crippen molar-refractivity contribution < 1.29 is 9.53 Å². The van der Waals surface area contributed by atoms with Crippen molar-refractivity contribution in [1.29, 1.82) is 0 Å². The molecule has 0 fully saturated rings. The van der Waals surface area contributed by atoms with Crippen LogP contribution in [0.3, 0.4) is 0 Å². The zero-order valence-electron chi connectivity index (χ0n) is 13.7. The highest BCUT2D eigenvalue weighted by Crippen LogP contribution is 2.07. The van der Waals surface area contributed by atoms with Crippen LogP contribution in [0.4, 0.5) is 0 Å². The number of unbranched alkanes of at least 4 members (excludes halogenated alkanes) is 8. The second-order valence-corrected chi connectivity index (χ2v) is 5.49. The maximum atomic E-state index is 11.3. The molecule has 0 unspecified atom stereocenters. The lowest BCUT2D eigenvalue weighted by Crippen LogP contribution is -2.05. The van der Waals surface area contributed by atoms with Gasteiger partial charge in [0.2, 0.25) is 0 Å². The SMILES string of the molecule is CCCCCCC=CCCCCCC(=O)OCCCC. The number of carbonyl (C=O) groups excluding carboxylic acids is 1. The van der Waals surface area contributed by atoms with E-state index >= 15 is 0 Å². The van der Waals surface area contributed by atoms with Crippen LogP contribution in [-0.4, -0.2) is 12.6 Å². The number of allylic oxidation sites excluding steroid dienone is 2. The van der Waals surface area contributed by atoms with Crippen LogP contribution in [0.15, 0.2) is 12.2 Å². The Bertz CT molecular complexity index is 234. The van der Waals surface area contributed by atoms with E-state index in [1.165, 1.54) is 38.5 Å². The van der Waals surface area contributed by atoms with Crippen LogP contribution in [0.2, 0.25) is 0 Å². The molecule has 0 N–H and O–H groups in total. The van der Waals surface area contributed by atoms with Crippen LogP contribution in [0.5, 0.6) is 0 Å². The van der Waals surface area contributed by atoms with Crippen molar-refractivity contribution in [3.05, 3.63) is 12.2 Å². The van der Waals surface area contributed by atoms with Gasteiger partial charge in [-0.25, -0.2) is 0 Å². The summed E-state index contributed by atoms with van der Waals surface area (Å²) in [6.07, 6.45) is 18.3. The fraction of sp³-hybridized carbons (Fsp3) is 0.833. The Morgan fingerprint density at radius 1 is 0.800 bits per heavy atom. The molecule has 0 amide bonds. The maximum absolute atomic E-state index is 11.3. The van der Waals surface area contributed by atoms with Crippen molar-refractivity contribution in [2.75, 3.05) is 6.61 Å². The summed E-state index contributed by atoms with van der Waals surface area (Å²) in [4.78, 5) is 11.3. The quantitative estimate of drug-likeness (QED) is 0.228. The van der Waals surface area contributed by atoms with E-state index in [4.69, 9.17) is 4.74 Å². The number of hydrogen-bond donors (Lipinski definition) is 0. The van der Waals surface area contributed by atoms with E-state index < -0.39 is 0 Å². The Morgan fingerprint density at radius 3 is 2.00 bits per heavy atom. The van der Waals surface area contributed by atoms with Crippen LogP contribution >= 0.6 is 0 Å². The first-order valence-electron chi connectivity index (χ1n) is 8.61. The molecule has 0 saturated carbocycles.